The summed E-state index contributed by atoms with van der Waals surface area (Å²) in [5.41, 5.74) is 4.20. The van der Waals surface area contributed by atoms with Crippen LogP contribution in [0.25, 0.3) is 11.0 Å². The first-order chi connectivity index (χ1) is 11.5. The fourth-order valence-corrected chi connectivity index (χ4v) is 2.60. The van der Waals surface area contributed by atoms with E-state index in [1.807, 2.05) is 37.6 Å². The molecule has 2 aromatic carbocycles. The van der Waals surface area contributed by atoms with Crippen LogP contribution >= 0.6 is 0 Å². The van der Waals surface area contributed by atoms with Crippen molar-refractivity contribution in [2.75, 3.05) is 12.4 Å². The van der Waals surface area contributed by atoms with Crippen molar-refractivity contribution in [1.29, 1.82) is 0 Å². The Hall–Kier alpha value is -2.89. The van der Waals surface area contributed by atoms with Gasteiger partial charge in [0.1, 0.15) is 22.9 Å². The molecular weight excluding hydrogens is 307 g/mol. The van der Waals surface area contributed by atoms with E-state index in [0.717, 1.165) is 22.3 Å². The van der Waals surface area contributed by atoms with Crippen molar-refractivity contribution < 1.29 is 9.13 Å². The summed E-state index contributed by atoms with van der Waals surface area (Å²) < 4.78 is 20.7. The molecule has 24 heavy (non-hydrogen) atoms. The second-order valence-corrected chi connectivity index (χ2v) is 5.62. The highest BCUT2D eigenvalue weighted by atomic mass is 19.1. The van der Waals surface area contributed by atoms with Crippen molar-refractivity contribution in [2.45, 2.75) is 13.8 Å². The number of fused-ring (bicyclic) bond motifs is 1. The lowest BCUT2D eigenvalue weighted by Gasteiger charge is -2.11. The molecule has 0 amide bonds. The monoisotopic (exact) mass is 326 g/mol. The first-order valence-corrected chi connectivity index (χ1v) is 7.56. The van der Waals surface area contributed by atoms with Crippen LogP contribution in [0.2, 0.25) is 0 Å². The third-order valence-corrected chi connectivity index (χ3v) is 3.83. The Kier molecular flexibility index (Phi) is 4.20. The van der Waals surface area contributed by atoms with E-state index in [-0.39, 0.29) is 5.82 Å². The van der Waals surface area contributed by atoms with Gasteiger partial charge in [0.15, 0.2) is 0 Å². The summed E-state index contributed by atoms with van der Waals surface area (Å²) in [5.74, 6) is 0.841. The number of nitrogens with one attached hydrogen (secondary N) is 1. The molecule has 6 heteroatoms. The molecule has 0 saturated heterocycles. The fraction of sp³-hybridized carbons (Fsp3) is 0.222. The maximum atomic E-state index is 13.5. The highest BCUT2D eigenvalue weighted by Crippen LogP contribution is 2.29. The number of halogens is 1. The zero-order valence-electron chi connectivity index (χ0n) is 14.1. The molecule has 0 saturated carbocycles. The van der Waals surface area contributed by atoms with Gasteiger partial charge in [0.2, 0.25) is 0 Å². The Morgan fingerprint density at radius 3 is 2.83 bits per heavy atom. The molecule has 0 radical (unpaired) electrons. The number of hydrogen-bond acceptors (Lipinski definition) is 3. The lowest BCUT2D eigenvalue weighted by Crippen LogP contribution is -2.08. The lowest BCUT2D eigenvalue weighted by atomic mass is 10.1. The van der Waals surface area contributed by atoms with Gasteiger partial charge in [-0.15, -0.1) is 0 Å². The van der Waals surface area contributed by atoms with E-state index in [0.29, 0.717) is 17.3 Å². The van der Waals surface area contributed by atoms with Crippen molar-refractivity contribution in [1.82, 2.24) is 9.55 Å². The van der Waals surface area contributed by atoms with Crippen LogP contribution < -0.4 is 10.1 Å². The van der Waals surface area contributed by atoms with E-state index in [1.165, 1.54) is 12.1 Å². The number of nitrogens with zero attached hydrogens (tertiary/aromatic N) is 3. The van der Waals surface area contributed by atoms with Crippen molar-refractivity contribution in [3.8, 4) is 5.75 Å². The van der Waals surface area contributed by atoms with E-state index in [2.05, 4.69) is 15.3 Å². The molecule has 1 N–H and O–H groups in total. The Morgan fingerprint density at radius 2 is 2.08 bits per heavy atom. The van der Waals surface area contributed by atoms with Gasteiger partial charge in [0.25, 0.3) is 0 Å². The molecule has 0 bridgehead atoms. The van der Waals surface area contributed by atoms with Crippen LogP contribution in [-0.4, -0.2) is 22.5 Å². The first kappa shape index (κ1) is 16.0. The molecule has 3 aromatic rings. The quantitative estimate of drug-likeness (QED) is 0.580. The predicted molar refractivity (Wildman–Crippen MR) is 94.8 cm³/mol. The number of aliphatic imine (C=N–C) groups is 1. The number of rotatable bonds is 3. The molecule has 0 unspecified atom stereocenters. The van der Waals surface area contributed by atoms with Crippen molar-refractivity contribution in [2.24, 2.45) is 12.0 Å². The maximum absolute atomic E-state index is 13.5. The van der Waals surface area contributed by atoms with Gasteiger partial charge < -0.3 is 14.6 Å². The summed E-state index contributed by atoms with van der Waals surface area (Å²) in [5, 5.41) is 3.10. The van der Waals surface area contributed by atoms with Gasteiger partial charge in [0, 0.05) is 13.1 Å². The van der Waals surface area contributed by atoms with E-state index < -0.39 is 0 Å². The number of aromatic nitrogens is 2. The third kappa shape index (κ3) is 2.95. The topological polar surface area (TPSA) is 51.4 Å². The molecule has 3 rings (SSSR count). The molecule has 0 atom stereocenters. The van der Waals surface area contributed by atoms with Gasteiger partial charge in [0.05, 0.1) is 30.3 Å². The number of amidine groups is 1. The standard InChI is InChI=1S/C18H19FN4O/c1-11-5-7-15-18(20-10-23(15)3)17(11)22-12(2)21-14-9-13(19)6-8-16(14)24-4/h5-10H,1-4H3,(H,21,22). The summed E-state index contributed by atoms with van der Waals surface area (Å²) in [7, 11) is 3.49. The zero-order valence-corrected chi connectivity index (χ0v) is 14.1. The molecule has 1 aromatic heterocycles. The van der Waals surface area contributed by atoms with Gasteiger partial charge in [-0.25, -0.2) is 14.4 Å². The van der Waals surface area contributed by atoms with E-state index >= 15 is 0 Å². The van der Waals surface area contributed by atoms with Crippen LogP contribution in [0.1, 0.15) is 12.5 Å². The number of benzene rings is 2. The van der Waals surface area contributed by atoms with Gasteiger partial charge in [-0.3, -0.25) is 0 Å². The van der Waals surface area contributed by atoms with Crippen LogP contribution in [-0.2, 0) is 7.05 Å². The number of hydrogen-bond donors (Lipinski definition) is 1. The Bertz CT molecular complexity index is 930. The number of methoxy groups -OCH3 is 1. The smallest absolute Gasteiger partial charge is 0.142 e. The van der Waals surface area contributed by atoms with E-state index in [9.17, 15) is 4.39 Å². The predicted octanol–water partition coefficient (Wildman–Crippen LogP) is 4.19. The van der Waals surface area contributed by atoms with Crippen molar-refractivity contribution >= 4 is 28.2 Å². The fourth-order valence-electron chi connectivity index (χ4n) is 2.60. The van der Waals surface area contributed by atoms with Gasteiger partial charge in [-0.05, 0) is 37.6 Å². The normalized spacial score (nSPS) is 11.8. The molecule has 0 fully saturated rings. The van der Waals surface area contributed by atoms with Crippen molar-refractivity contribution in [3.05, 3.63) is 48.0 Å². The minimum Gasteiger partial charge on any atom is -0.495 e. The number of anilines is 1. The van der Waals surface area contributed by atoms with Crippen LogP contribution in [0.4, 0.5) is 15.8 Å². The Labute approximate surface area is 139 Å². The average Bonchev–Trinajstić information content (AvgIpc) is 2.92. The first-order valence-electron chi connectivity index (χ1n) is 7.56. The van der Waals surface area contributed by atoms with E-state index in [1.54, 1.807) is 19.5 Å². The maximum Gasteiger partial charge on any atom is 0.142 e. The third-order valence-electron chi connectivity index (χ3n) is 3.83. The largest absolute Gasteiger partial charge is 0.495 e. The molecule has 0 aliphatic rings. The van der Waals surface area contributed by atoms with Gasteiger partial charge in [-0.1, -0.05) is 6.07 Å². The molecule has 0 aliphatic carbocycles. The van der Waals surface area contributed by atoms with Crippen molar-refractivity contribution in [3.63, 3.8) is 0 Å². The number of imidazole rings is 1. The second kappa shape index (κ2) is 6.31. The molecular formula is C18H19FN4O. The number of ether oxygens (including phenoxy) is 1. The zero-order chi connectivity index (χ0) is 17.3. The summed E-state index contributed by atoms with van der Waals surface area (Å²) in [6.07, 6.45) is 1.77. The number of aryl methyl sites for hydroxylation is 2. The summed E-state index contributed by atoms with van der Waals surface area (Å²) >= 11 is 0. The molecule has 0 aliphatic heterocycles. The highest BCUT2D eigenvalue weighted by molar-refractivity contribution is 5.99. The molecule has 124 valence electrons. The molecule has 5 nitrogen and oxygen atoms in total. The van der Waals surface area contributed by atoms with E-state index in [4.69, 9.17) is 4.74 Å². The minimum atomic E-state index is -0.339. The SMILES string of the molecule is COc1ccc(F)cc1NC(C)=Nc1c(C)ccc2c1ncn2C. The Morgan fingerprint density at radius 1 is 1.29 bits per heavy atom. The summed E-state index contributed by atoms with van der Waals surface area (Å²) in [6, 6.07) is 8.35. The summed E-state index contributed by atoms with van der Waals surface area (Å²) in [4.78, 5) is 9.08. The van der Waals surface area contributed by atoms with Crippen LogP contribution in [0.3, 0.4) is 0 Å². The molecule has 1 heterocycles. The average molecular weight is 326 g/mol. The van der Waals surface area contributed by atoms with Crippen LogP contribution in [0, 0.1) is 12.7 Å². The van der Waals surface area contributed by atoms with Crippen LogP contribution in [0.5, 0.6) is 5.75 Å². The molecule has 0 spiro atoms. The summed E-state index contributed by atoms with van der Waals surface area (Å²) in [6.45, 7) is 3.81. The Balaban J connectivity index is 2.00. The lowest BCUT2D eigenvalue weighted by molar-refractivity contribution is 0.416. The van der Waals surface area contributed by atoms with Crippen LogP contribution in [0.15, 0.2) is 41.7 Å². The highest BCUT2D eigenvalue weighted by Gasteiger charge is 2.10. The van der Waals surface area contributed by atoms with Gasteiger partial charge >= 0.3 is 0 Å². The second-order valence-electron chi connectivity index (χ2n) is 5.62. The van der Waals surface area contributed by atoms with Gasteiger partial charge in [-0.2, -0.15) is 0 Å². The minimum absolute atomic E-state index is 0.339.